The van der Waals surface area contributed by atoms with Gasteiger partial charge in [-0.15, -0.1) is 0 Å². The molecule has 0 spiro atoms. The maximum Gasteiger partial charge on any atom is 0.317 e. The molecule has 0 aliphatic rings. The number of ether oxygens (including phenoxy) is 1. The summed E-state index contributed by atoms with van der Waals surface area (Å²) in [6, 6.07) is -0.306. The van der Waals surface area contributed by atoms with E-state index < -0.39 is 16.9 Å². The number of rotatable bonds is 7. The molecular formula is C13H26N2O4. The summed E-state index contributed by atoms with van der Waals surface area (Å²) in [7, 11) is 1.65. The minimum atomic E-state index is -1.07. The summed E-state index contributed by atoms with van der Waals surface area (Å²) < 4.78 is 5.17. The standard InChI is InChI=1S/C13H26N2O4/c1-7-19-9-8-15(6)11(18)14-13(4,5)12(2,3)10(16)17/h7-9H2,1-6H3,(H,14,18)(H,16,17). The van der Waals surface area contributed by atoms with Gasteiger partial charge in [-0.25, -0.2) is 4.79 Å². The van der Waals surface area contributed by atoms with Crippen molar-refractivity contribution in [3.05, 3.63) is 0 Å². The highest BCUT2D eigenvalue weighted by atomic mass is 16.5. The zero-order valence-electron chi connectivity index (χ0n) is 12.7. The number of amides is 2. The average Bonchev–Trinajstić information content (AvgIpc) is 2.27. The molecular weight excluding hydrogens is 248 g/mol. The Morgan fingerprint density at radius 1 is 1.26 bits per heavy atom. The van der Waals surface area contributed by atoms with Crippen molar-refractivity contribution in [2.45, 2.75) is 40.2 Å². The molecule has 2 amide bonds. The Kier molecular flexibility index (Phi) is 6.29. The molecule has 0 rings (SSSR count). The maximum atomic E-state index is 12.0. The van der Waals surface area contributed by atoms with Crippen molar-refractivity contribution in [1.29, 1.82) is 0 Å². The lowest BCUT2D eigenvalue weighted by molar-refractivity contribution is -0.150. The molecule has 0 saturated carbocycles. The van der Waals surface area contributed by atoms with Crippen LogP contribution in [0.5, 0.6) is 0 Å². The van der Waals surface area contributed by atoms with Gasteiger partial charge >= 0.3 is 12.0 Å². The second-order valence-corrected chi connectivity index (χ2v) is 5.60. The van der Waals surface area contributed by atoms with Crippen LogP contribution < -0.4 is 5.32 Å². The molecule has 0 aliphatic heterocycles. The number of hydrogen-bond donors (Lipinski definition) is 2. The van der Waals surface area contributed by atoms with Crippen molar-refractivity contribution >= 4 is 12.0 Å². The minimum absolute atomic E-state index is 0.306. The fourth-order valence-corrected chi connectivity index (χ4v) is 1.23. The monoisotopic (exact) mass is 274 g/mol. The molecule has 0 fully saturated rings. The Hall–Kier alpha value is -1.30. The van der Waals surface area contributed by atoms with Gasteiger partial charge in [0.15, 0.2) is 0 Å². The first-order valence-electron chi connectivity index (χ1n) is 6.40. The Morgan fingerprint density at radius 3 is 2.21 bits per heavy atom. The van der Waals surface area contributed by atoms with Gasteiger partial charge in [0.25, 0.3) is 0 Å². The van der Waals surface area contributed by atoms with Crippen molar-refractivity contribution in [3.8, 4) is 0 Å². The normalized spacial score (nSPS) is 12.1. The number of aliphatic carboxylic acids is 1. The number of carbonyl (C=O) groups is 2. The van der Waals surface area contributed by atoms with Gasteiger partial charge in [-0.1, -0.05) is 0 Å². The van der Waals surface area contributed by atoms with Crippen molar-refractivity contribution in [3.63, 3.8) is 0 Å². The van der Waals surface area contributed by atoms with E-state index in [1.54, 1.807) is 34.7 Å². The predicted molar refractivity (Wildman–Crippen MR) is 73.2 cm³/mol. The zero-order chi connectivity index (χ0) is 15.3. The Bertz CT molecular complexity index is 327. The van der Waals surface area contributed by atoms with Crippen LogP contribution in [0.15, 0.2) is 0 Å². The lowest BCUT2D eigenvalue weighted by Crippen LogP contribution is -2.59. The number of nitrogens with zero attached hydrogens (tertiary/aromatic N) is 1. The van der Waals surface area contributed by atoms with Crippen LogP contribution in [0.1, 0.15) is 34.6 Å². The first-order valence-corrected chi connectivity index (χ1v) is 6.40. The lowest BCUT2D eigenvalue weighted by atomic mass is 9.74. The summed E-state index contributed by atoms with van der Waals surface area (Å²) in [5.41, 5.74) is -1.93. The van der Waals surface area contributed by atoms with E-state index in [-0.39, 0.29) is 6.03 Å². The number of carbonyl (C=O) groups excluding carboxylic acids is 1. The summed E-state index contributed by atoms with van der Waals surface area (Å²) >= 11 is 0. The molecule has 0 saturated heterocycles. The van der Waals surface area contributed by atoms with Gasteiger partial charge in [0.2, 0.25) is 0 Å². The summed E-state index contributed by atoms with van der Waals surface area (Å²) in [5.74, 6) is -0.949. The van der Waals surface area contributed by atoms with Crippen molar-refractivity contribution < 1.29 is 19.4 Å². The highest BCUT2D eigenvalue weighted by Crippen LogP contribution is 2.30. The van der Waals surface area contributed by atoms with Gasteiger partial charge in [-0.3, -0.25) is 4.79 Å². The number of urea groups is 1. The zero-order valence-corrected chi connectivity index (χ0v) is 12.7. The molecule has 0 unspecified atom stereocenters. The molecule has 112 valence electrons. The molecule has 0 atom stereocenters. The van der Waals surface area contributed by atoms with Crippen LogP contribution in [-0.2, 0) is 9.53 Å². The van der Waals surface area contributed by atoms with E-state index in [1.807, 2.05) is 6.92 Å². The van der Waals surface area contributed by atoms with E-state index in [9.17, 15) is 14.7 Å². The van der Waals surface area contributed by atoms with Gasteiger partial charge in [-0.05, 0) is 34.6 Å². The Morgan fingerprint density at radius 2 is 1.79 bits per heavy atom. The van der Waals surface area contributed by atoms with Crippen LogP contribution in [0.2, 0.25) is 0 Å². The SMILES string of the molecule is CCOCCN(C)C(=O)NC(C)(C)C(C)(C)C(=O)O. The van der Waals surface area contributed by atoms with Crippen LogP contribution in [0.4, 0.5) is 4.79 Å². The lowest BCUT2D eigenvalue weighted by Gasteiger charge is -2.39. The fourth-order valence-electron chi connectivity index (χ4n) is 1.23. The maximum absolute atomic E-state index is 12.0. The number of hydrogen-bond acceptors (Lipinski definition) is 3. The topological polar surface area (TPSA) is 78.9 Å². The first-order chi connectivity index (χ1) is 8.56. The number of likely N-dealkylation sites (N-methyl/N-ethyl adjacent to an activating group) is 1. The number of carboxylic acid groups (broad SMARTS) is 1. The summed E-state index contributed by atoms with van der Waals surface area (Å²) in [6.45, 7) is 10.0. The van der Waals surface area contributed by atoms with Crippen LogP contribution in [-0.4, -0.2) is 54.4 Å². The largest absolute Gasteiger partial charge is 0.481 e. The third-order valence-corrected chi connectivity index (χ3v) is 3.64. The van der Waals surface area contributed by atoms with Gasteiger partial charge in [0, 0.05) is 20.2 Å². The first kappa shape index (κ1) is 17.7. The van der Waals surface area contributed by atoms with Gasteiger partial charge in [0.05, 0.1) is 17.6 Å². The quantitative estimate of drug-likeness (QED) is 0.690. The van der Waals surface area contributed by atoms with E-state index in [4.69, 9.17) is 4.74 Å². The van der Waals surface area contributed by atoms with E-state index in [1.165, 1.54) is 4.90 Å². The Balaban J connectivity index is 4.57. The molecule has 6 nitrogen and oxygen atoms in total. The van der Waals surface area contributed by atoms with Gasteiger partial charge < -0.3 is 20.1 Å². The van der Waals surface area contributed by atoms with Crippen LogP contribution in [0.25, 0.3) is 0 Å². The fraction of sp³-hybridized carbons (Fsp3) is 0.846. The highest BCUT2D eigenvalue weighted by Gasteiger charge is 2.44. The van der Waals surface area contributed by atoms with Crippen molar-refractivity contribution in [2.75, 3.05) is 26.8 Å². The molecule has 2 N–H and O–H groups in total. The van der Waals surface area contributed by atoms with Crippen LogP contribution in [0.3, 0.4) is 0 Å². The third-order valence-electron chi connectivity index (χ3n) is 3.64. The van der Waals surface area contributed by atoms with E-state index >= 15 is 0 Å². The molecule has 0 aliphatic carbocycles. The molecule has 0 radical (unpaired) electrons. The summed E-state index contributed by atoms with van der Waals surface area (Å²) in [6.07, 6.45) is 0. The molecule has 0 aromatic heterocycles. The smallest absolute Gasteiger partial charge is 0.317 e. The van der Waals surface area contributed by atoms with Crippen LogP contribution in [0, 0.1) is 5.41 Å². The minimum Gasteiger partial charge on any atom is -0.481 e. The second kappa shape index (κ2) is 6.75. The second-order valence-electron chi connectivity index (χ2n) is 5.60. The highest BCUT2D eigenvalue weighted by molar-refractivity contribution is 5.79. The summed E-state index contributed by atoms with van der Waals surface area (Å²) in [4.78, 5) is 24.7. The molecule has 0 heterocycles. The third kappa shape index (κ3) is 4.70. The van der Waals surface area contributed by atoms with E-state index in [0.29, 0.717) is 19.8 Å². The number of nitrogens with one attached hydrogen (secondary N) is 1. The molecule has 19 heavy (non-hydrogen) atoms. The average molecular weight is 274 g/mol. The van der Waals surface area contributed by atoms with Gasteiger partial charge in [-0.2, -0.15) is 0 Å². The molecule has 0 aromatic rings. The molecule has 0 aromatic carbocycles. The van der Waals surface area contributed by atoms with E-state index in [0.717, 1.165) is 0 Å². The molecule has 0 bridgehead atoms. The van der Waals surface area contributed by atoms with Crippen molar-refractivity contribution in [1.82, 2.24) is 10.2 Å². The van der Waals surface area contributed by atoms with Gasteiger partial charge in [0.1, 0.15) is 0 Å². The number of carboxylic acids is 1. The molecule has 6 heteroatoms. The van der Waals surface area contributed by atoms with E-state index in [2.05, 4.69) is 5.32 Å². The summed E-state index contributed by atoms with van der Waals surface area (Å²) in [5, 5.41) is 12.0. The van der Waals surface area contributed by atoms with Crippen LogP contribution >= 0.6 is 0 Å². The van der Waals surface area contributed by atoms with Crippen molar-refractivity contribution in [2.24, 2.45) is 5.41 Å². The Labute approximate surface area is 115 Å². The predicted octanol–water partition coefficient (Wildman–Crippen LogP) is 1.55.